The summed E-state index contributed by atoms with van der Waals surface area (Å²) >= 11 is 3.13. The van der Waals surface area contributed by atoms with E-state index in [1.807, 2.05) is 31.2 Å². The summed E-state index contributed by atoms with van der Waals surface area (Å²) in [6.07, 6.45) is -4.11. The maximum Gasteiger partial charge on any atom is 0.490 e. The first-order chi connectivity index (χ1) is 18.8. The van der Waals surface area contributed by atoms with Crippen molar-refractivity contribution in [3.8, 4) is 0 Å². The van der Waals surface area contributed by atoms with Crippen molar-refractivity contribution in [3.63, 3.8) is 0 Å². The molecule has 0 bridgehead atoms. The number of carboxylic acids is 1. The van der Waals surface area contributed by atoms with Gasteiger partial charge in [-0.2, -0.15) is 24.9 Å². The fraction of sp³-hybridized carbons (Fsp3) is 0.480. The van der Waals surface area contributed by atoms with E-state index in [0.29, 0.717) is 54.0 Å². The van der Waals surface area contributed by atoms with E-state index in [1.165, 1.54) is 11.3 Å². The van der Waals surface area contributed by atoms with Gasteiger partial charge in [0, 0.05) is 29.7 Å². The molecule has 218 valence electrons. The van der Waals surface area contributed by atoms with Gasteiger partial charge < -0.3 is 20.6 Å². The maximum atomic E-state index is 13.6. The summed E-state index contributed by atoms with van der Waals surface area (Å²) < 4.78 is 32.7. The third kappa shape index (κ3) is 7.44. The quantitative estimate of drug-likeness (QED) is 0.389. The van der Waals surface area contributed by atoms with Gasteiger partial charge in [0.05, 0.1) is 11.3 Å². The molecule has 1 aromatic heterocycles. The second-order valence-electron chi connectivity index (χ2n) is 9.29. The van der Waals surface area contributed by atoms with Gasteiger partial charge in [-0.15, -0.1) is 11.3 Å². The Labute approximate surface area is 236 Å². The predicted octanol–water partition coefficient (Wildman–Crippen LogP) is 4.32. The van der Waals surface area contributed by atoms with E-state index in [1.54, 1.807) is 16.7 Å². The molecule has 0 unspecified atom stereocenters. The summed E-state index contributed by atoms with van der Waals surface area (Å²) in [5.74, 6) is -1.53. The zero-order chi connectivity index (χ0) is 29.7. The third-order valence-electron chi connectivity index (χ3n) is 6.08. The number of anilines is 1. The summed E-state index contributed by atoms with van der Waals surface area (Å²) in [5, 5.41) is 17.4. The number of thiophene rings is 1. The lowest BCUT2D eigenvalue weighted by Gasteiger charge is -2.35. The molecule has 1 aromatic carbocycles. The average molecular weight is 602 g/mol. The standard InChI is InChI=1S/C23H29N5O3S2.C2HF3O2/c1-4-24-22(31)26-19-18(15-7-5-6-8-16(15)33-19)20(29)28-11-9-23(10-12-28)21(30)25-17(27-23)13-32-14(2)3;3-2(4,5)1(6)7/h5-8,14H,4,9-13H2,1-3H3,(H2,24,26,31)(H,25,27,30);(H,6,7). The van der Waals surface area contributed by atoms with E-state index in [0.717, 1.165) is 15.9 Å². The first-order valence-corrected chi connectivity index (χ1v) is 14.3. The van der Waals surface area contributed by atoms with Crippen LogP contribution in [0.4, 0.5) is 23.0 Å². The van der Waals surface area contributed by atoms with Crippen LogP contribution in [-0.4, -0.2) is 82.0 Å². The first-order valence-electron chi connectivity index (χ1n) is 12.4. The highest BCUT2D eigenvalue weighted by atomic mass is 32.2. The number of carboxylic acid groups (broad SMARTS) is 1. The minimum atomic E-state index is -5.08. The number of nitrogens with one attached hydrogen (secondary N) is 3. The molecule has 3 heterocycles. The van der Waals surface area contributed by atoms with Crippen molar-refractivity contribution in [2.24, 2.45) is 4.99 Å². The van der Waals surface area contributed by atoms with E-state index in [9.17, 15) is 27.6 Å². The highest BCUT2D eigenvalue weighted by molar-refractivity contribution is 8.00. The summed E-state index contributed by atoms with van der Waals surface area (Å²) in [6.45, 7) is 7.44. The normalized spacial score (nSPS) is 16.3. The number of amides is 4. The number of alkyl halides is 3. The van der Waals surface area contributed by atoms with Gasteiger partial charge in [-0.3, -0.25) is 19.9 Å². The second-order valence-corrected chi connectivity index (χ2v) is 11.9. The molecule has 4 rings (SSSR count). The molecule has 2 aliphatic rings. The van der Waals surface area contributed by atoms with Crippen LogP contribution in [0, 0.1) is 0 Å². The Morgan fingerprint density at radius 3 is 2.42 bits per heavy atom. The van der Waals surface area contributed by atoms with E-state index >= 15 is 0 Å². The molecule has 10 nitrogen and oxygen atoms in total. The number of piperidine rings is 1. The molecule has 15 heteroatoms. The number of fused-ring (bicyclic) bond motifs is 1. The summed E-state index contributed by atoms with van der Waals surface area (Å²) in [5.41, 5.74) is -0.270. The van der Waals surface area contributed by atoms with Crippen molar-refractivity contribution < 1.29 is 37.5 Å². The lowest BCUT2D eigenvalue weighted by molar-refractivity contribution is -0.192. The molecule has 0 atom stereocenters. The fourth-order valence-electron chi connectivity index (χ4n) is 4.13. The molecule has 0 saturated carbocycles. The highest BCUT2D eigenvalue weighted by Gasteiger charge is 2.46. The smallest absolute Gasteiger partial charge is 0.475 e. The minimum Gasteiger partial charge on any atom is -0.475 e. The molecule has 4 amide bonds. The Morgan fingerprint density at radius 2 is 1.85 bits per heavy atom. The first kappa shape index (κ1) is 31.2. The maximum absolute atomic E-state index is 13.6. The molecule has 4 N–H and O–H groups in total. The Hall–Kier alpha value is -3.33. The zero-order valence-corrected chi connectivity index (χ0v) is 23.7. The lowest BCUT2D eigenvalue weighted by atomic mass is 9.87. The van der Waals surface area contributed by atoms with Gasteiger partial charge in [0.1, 0.15) is 16.4 Å². The van der Waals surface area contributed by atoms with Crippen molar-refractivity contribution in [1.29, 1.82) is 0 Å². The number of thioether (sulfide) groups is 1. The number of halogens is 3. The van der Waals surface area contributed by atoms with Crippen molar-refractivity contribution in [2.75, 3.05) is 30.7 Å². The van der Waals surface area contributed by atoms with Gasteiger partial charge in [-0.25, -0.2) is 9.59 Å². The van der Waals surface area contributed by atoms with Crippen molar-refractivity contribution in [1.82, 2.24) is 15.5 Å². The number of carbonyl (C=O) groups is 4. The number of rotatable bonds is 6. The number of benzene rings is 1. The van der Waals surface area contributed by atoms with Gasteiger partial charge in [-0.05, 0) is 31.1 Å². The van der Waals surface area contributed by atoms with E-state index in [-0.39, 0.29) is 17.8 Å². The number of nitrogens with zero attached hydrogens (tertiary/aromatic N) is 2. The number of amidine groups is 1. The Kier molecular flexibility index (Phi) is 10.1. The Bertz CT molecular complexity index is 1300. The predicted molar refractivity (Wildman–Crippen MR) is 149 cm³/mol. The number of likely N-dealkylation sites (tertiary alicyclic amines) is 1. The van der Waals surface area contributed by atoms with Gasteiger partial charge in [0.2, 0.25) is 0 Å². The van der Waals surface area contributed by atoms with Crippen LogP contribution in [0.5, 0.6) is 0 Å². The molecule has 0 aliphatic carbocycles. The van der Waals surface area contributed by atoms with E-state index < -0.39 is 17.7 Å². The molecule has 40 heavy (non-hydrogen) atoms. The molecule has 1 saturated heterocycles. The number of urea groups is 1. The van der Waals surface area contributed by atoms with Crippen molar-refractivity contribution in [2.45, 2.75) is 50.6 Å². The van der Waals surface area contributed by atoms with Crippen LogP contribution in [0.2, 0.25) is 0 Å². The number of hydrogen-bond donors (Lipinski definition) is 4. The summed E-state index contributed by atoms with van der Waals surface area (Å²) in [7, 11) is 0. The molecule has 1 spiro atoms. The lowest BCUT2D eigenvalue weighted by Crippen LogP contribution is -2.50. The van der Waals surface area contributed by atoms with Gasteiger partial charge in [0.25, 0.3) is 11.8 Å². The van der Waals surface area contributed by atoms with Gasteiger partial charge in [-0.1, -0.05) is 32.0 Å². The van der Waals surface area contributed by atoms with Gasteiger partial charge >= 0.3 is 18.2 Å². The highest BCUT2D eigenvalue weighted by Crippen LogP contribution is 2.38. The molecular weight excluding hydrogens is 571 g/mol. The molecule has 2 aromatic rings. The van der Waals surface area contributed by atoms with Crippen LogP contribution >= 0.6 is 23.1 Å². The van der Waals surface area contributed by atoms with Crippen LogP contribution in [0.1, 0.15) is 44.0 Å². The minimum absolute atomic E-state index is 0.0615. The van der Waals surface area contributed by atoms with Crippen LogP contribution in [-0.2, 0) is 9.59 Å². The van der Waals surface area contributed by atoms with E-state index in [4.69, 9.17) is 14.9 Å². The summed E-state index contributed by atoms with van der Waals surface area (Å²) in [6, 6.07) is 7.32. The Balaban J connectivity index is 0.000000559. The number of carbonyl (C=O) groups excluding carboxylic acids is 3. The number of aliphatic imine (C=N–C) groups is 1. The topological polar surface area (TPSA) is 140 Å². The van der Waals surface area contributed by atoms with Crippen LogP contribution < -0.4 is 16.0 Å². The van der Waals surface area contributed by atoms with Gasteiger partial charge in [0.15, 0.2) is 0 Å². The number of aliphatic carboxylic acids is 1. The zero-order valence-electron chi connectivity index (χ0n) is 22.1. The molecule has 0 radical (unpaired) electrons. The van der Waals surface area contributed by atoms with E-state index in [2.05, 4.69) is 29.8 Å². The van der Waals surface area contributed by atoms with Crippen LogP contribution in [0.15, 0.2) is 29.3 Å². The van der Waals surface area contributed by atoms with Crippen molar-refractivity contribution in [3.05, 3.63) is 29.8 Å². The summed E-state index contributed by atoms with van der Waals surface area (Å²) in [4.78, 5) is 53.9. The SMILES string of the molecule is CCNC(=O)Nc1sc2ccccc2c1C(=O)N1CCC2(CC1)N=C(CSC(C)C)NC2=O.O=C(O)C(F)(F)F. The Morgan fingerprint density at radius 1 is 1.23 bits per heavy atom. The molecule has 1 fully saturated rings. The second kappa shape index (κ2) is 12.9. The van der Waals surface area contributed by atoms with Crippen LogP contribution in [0.25, 0.3) is 10.1 Å². The largest absolute Gasteiger partial charge is 0.490 e. The average Bonchev–Trinajstić information content (AvgIpc) is 3.39. The molecule has 2 aliphatic heterocycles. The third-order valence-corrected chi connectivity index (χ3v) is 8.27. The van der Waals surface area contributed by atoms with Crippen LogP contribution in [0.3, 0.4) is 0 Å². The van der Waals surface area contributed by atoms with Crippen molar-refractivity contribution >= 4 is 67.8 Å². The number of hydrogen-bond acceptors (Lipinski definition) is 7. The fourth-order valence-corrected chi connectivity index (χ4v) is 5.85. The monoisotopic (exact) mass is 601 g/mol. The molecular formula is C25H30F3N5O5S2.